The fraction of sp³-hybridized carbons (Fsp3) is 0.286. The number of amides is 2. The minimum Gasteiger partial charge on any atom is -0.481 e. The molecule has 2 aliphatic rings. The second-order valence-electron chi connectivity index (χ2n) is 7.08. The summed E-state index contributed by atoms with van der Waals surface area (Å²) in [4.78, 5) is 29.4. The van der Waals surface area contributed by atoms with Gasteiger partial charge in [-0.1, -0.05) is 30.3 Å². The van der Waals surface area contributed by atoms with Crippen LogP contribution in [0.1, 0.15) is 36.1 Å². The van der Waals surface area contributed by atoms with Gasteiger partial charge in [0.05, 0.1) is 18.4 Å². The normalized spacial score (nSPS) is 18.2. The third kappa shape index (κ3) is 3.55. The van der Waals surface area contributed by atoms with E-state index in [0.717, 1.165) is 33.9 Å². The molecule has 2 amide bonds. The number of carbonyl (C=O) groups is 2. The molecule has 4 rings (SSSR count). The van der Waals surface area contributed by atoms with Crippen LogP contribution >= 0.6 is 0 Å². The maximum Gasteiger partial charge on any atom is 0.322 e. The zero-order chi connectivity index (χ0) is 19.7. The summed E-state index contributed by atoms with van der Waals surface area (Å²) >= 11 is 0. The summed E-state index contributed by atoms with van der Waals surface area (Å²) in [5, 5.41) is 15.0. The monoisotopic (exact) mass is 378 g/mol. The van der Waals surface area contributed by atoms with Crippen LogP contribution < -0.4 is 15.5 Å². The predicted octanol–water partition coefficient (Wildman–Crippen LogP) is 3.32. The van der Waals surface area contributed by atoms with Gasteiger partial charge in [0.25, 0.3) is 0 Å². The van der Waals surface area contributed by atoms with E-state index >= 15 is 0 Å². The first-order chi connectivity index (χ1) is 13.5. The van der Waals surface area contributed by atoms with Crippen molar-refractivity contribution in [1.29, 1.82) is 0 Å². The summed E-state index contributed by atoms with van der Waals surface area (Å²) in [6.45, 7) is 3.09. The summed E-state index contributed by atoms with van der Waals surface area (Å²) in [5.41, 5.74) is 4.90. The average Bonchev–Trinajstić information content (AvgIpc) is 3.07. The molecule has 2 heterocycles. The second-order valence-corrected chi connectivity index (χ2v) is 7.08. The van der Waals surface area contributed by atoms with E-state index in [4.69, 9.17) is 5.11 Å². The Morgan fingerprint density at radius 2 is 2.04 bits per heavy atom. The molecule has 1 saturated heterocycles. The molecule has 1 unspecified atom stereocenters. The van der Waals surface area contributed by atoms with Crippen LogP contribution in [-0.2, 0) is 17.8 Å². The number of rotatable bonds is 5. The van der Waals surface area contributed by atoms with Crippen molar-refractivity contribution in [2.75, 3.05) is 16.8 Å². The van der Waals surface area contributed by atoms with Gasteiger partial charge in [-0.15, -0.1) is 0 Å². The van der Waals surface area contributed by atoms with Gasteiger partial charge in [0, 0.05) is 24.3 Å². The maximum atomic E-state index is 12.5. The van der Waals surface area contributed by atoms with Gasteiger partial charge in [-0.25, -0.2) is 4.79 Å². The first kappa shape index (κ1) is 18.0. The standard InChI is InChI=1S/C21H22N4O3/c1-13-22-11-16-7-8-17(10-18(16)24-13)25-19(12-23-21(25)28)15-5-2-14(3-6-15)4-9-20(26)27/h2-3,5-8,10,19H,4,9,11-12H2,1H3,(H,22,24)(H,23,28)(H,26,27). The molecular formula is C21H22N4O3. The Morgan fingerprint density at radius 3 is 2.79 bits per heavy atom. The Balaban J connectivity index is 1.58. The second kappa shape index (κ2) is 7.34. The molecule has 1 fully saturated rings. The molecule has 0 saturated carbocycles. The van der Waals surface area contributed by atoms with Gasteiger partial charge in [0.15, 0.2) is 0 Å². The molecule has 7 heteroatoms. The fourth-order valence-corrected chi connectivity index (χ4v) is 3.63. The molecule has 1 atom stereocenters. The van der Waals surface area contributed by atoms with Crippen molar-refractivity contribution >= 4 is 29.2 Å². The third-order valence-electron chi connectivity index (χ3n) is 5.14. The largest absolute Gasteiger partial charge is 0.481 e. The lowest BCUT2D eigenvalue weighted by atomic mass is 10.0. The summed E-state index contributed by atoms with van der Waals surface area (Å²) in [5.74, 6) is 0.0613. The number of aliphatic carboxylic acids is 1. The molecule has 28 heavy (non-hydrogen) atoms. The van der Waals surface area contributed by atoms with Gasteiger partial charge >= 0.3 is 12.0 Å². The number of carboxylic acid groups (broad SMARTS) is 1. The van der Waals surface area contributed by atoms with Gasteiger partial charge in [0.1, 0.15) is 0 Å². The number of nitrogens with one attached hydrogen (secondary N) is 2. The number of fused-ring (bicyclic) bond motifs is 1. The number of hydrogen-bond acceptors (Lipinski definition) is 4. The van der Waals surface area contributed by atoms with Crippen LogP contribution in [0.4, 0.5) is 16.2 Å². The summed E-state index contributed by atoms with van der Waals surface area (Å²) in [7, 11) is 0. The van der Waals surface area contributed by atoms with Crippen LogP contribution in [0.5, 0.6) is 0 Å². The first-order valence-electron chi connectivity index (χ1n) is 9.30. The lowest BCUT2D eigenvalue weighted by Gasteiger charge is -2.26. The van der Waals surface area contributed by atoms with Gasteiger partial charge in [-0.05, 0) is 42.2 Å². The summed E-state index contributed by atoms with van der Waals surface area (Å²) in [6, 6.07) is 13.5. The number of aliphatic imine (C=N–C) groups is 1. The van der Waals surface area contributed by atoms with Gasteiger partial charge in [-0.2, -0.15) is 0 Å². The van der Waals surface area contributed by atoms with Crippen LogP contribution in [0.3, 0.4) is 0 Å². The summed E-state index contributed by atoms with van der Waals surface area (Å²) < 4.78 is 0. The van der Waals surface area contributed by atoms with Crippen molar-refractivity contribution in [2.24, 2.45) is 4.99 Å². The number of hydrogen-bond donors (Lipinski definition) is 3. The third-order valence-corrected chi connectivity index (χ3v) is 5.14. The Labute approximate surface area is 163 Å². The molecule has 7 nitrogen and oxygen atoms in total. The number of urea groups is 1. The van der Waals surface area contributed by atoms with E-state index in [9.17, 15) is 9.59 Å². The highest BCUT2D eigenvalue weighted by molar-refractivity contribution is 5.99. The van der Waals surface area contributed by atoms with E-state index in [1.165, 1.54) is 0 Å². The molecular weight excluding hydrogens is 356 g/mol. The van der Waals surface area contributed by atoms with Crippen LogP contribution in [-0.4, -0.2) is 29.5 Å². The topological polar surface area (TPSA) is 94.0 Å². The number of benzene rings is 2. The average molecular weight is 378 g/mol. The Kier molecular flexibility index (Phi) is 4.73. The van der Waals surface area contributed by atoms with Crippen LogP contribution in [0, 0.1) is 0 Å². The minimum absolute atomic E-state index is 0.111. The highest BCUT2D eigenvalue weighted by Gasteiger charge is 2.33. The number of amidine groups is 1. The molecule has 0 bridgehead atoms. The lowest BCUT2D eigenvalue weighted by Crippen LogP contribution is -2.30. The fourth-order valence-electron chi connectivity index (χ4n) is 3.63. The molecule has 2 aliphatic heterocycles. The van der Waals surface area contributed by atoms with Gasteiger partial charge in [-0.3, -0.25) is 14.7 Å². The predicted molar refractivity (Wildman–Crippen MR) is 108 cm³/mol. The van der Waals surface area contributed by atoms with E-state index in [1.807, 2.05) is 49.4 Å². The quantitative estimate of drug-likeness (QED) is 0.744. The minimum atomic E-state index is -0.804. The van der Waals surface area contributed by atoms with Crippen LogP contribution in [0.15, 0.2) is 47.5 Å². The van der Waals surface area contributed by atoms with Crippen molar-refractivity contribution in [3.05, 3.63) is 59.2 Å². The van der Waals surface area contributed by atoms with Crippen molar-refractivity contribution in [3.8, 4) is 0 Å². The number of carboxylic acids is 1. The Bertz CT molecular complexity index is 953. The first-order valence-corrected chi connectivity index (χ1v) is 9.30. The zero-order valence-corrected chi connectivity index (χ0v) is 15.6. The van der Waals surface area contributed by atoms with Crippen molar-refractivity contribution in [3.63, 3.8) is 0 Å². The lowest BCUT2D eigenvalue weighted by molar-refractivity contribution is -0.136. The van der Waals surface area contributed by atoms with Crippen LogP contribution in [0.25, 0.3) is 0 Å². The van der Waals surface area contributed by atoms with E-state index in [0.29, 0.717) is 19.5 Å². The Morgan fingerprint density at radius 1 is 1.25 bits per heavy atom. The number of nitrogens with zero attached hydrogens (tertiary/aromatic N) is 2. The zero-order valence-electron chi connectivity index (χ0n) is 15.6. The SMILES string of the molecule is CC1=NCc2ccc(N3C(=O)NCC3c3ccc(CCC(=O)O)cc3)cc2N1. The molecule has 3 N–H and O–H groups in total. The molecule has 0 radical (unpaired) electrons. The Hall–Kier alpha value is -3.35. The highest BCUT2D eigenvalue weighted by Crippen LogP contribution is 2.34. The van der Waals surface area contributed by atoms with E-state index in [-0.39, 0.29) is 18.5 Å². The maximum absolute atomic E-state index is 12.5. The summed E-state index contributed by atoms with van der Waals surface area (Å²) in [6.07, 6.45) is 0.609. The molecule has 2 aromatic rings. The van der Waals surface area contributed by atoms with Crippen molar-refractivity contribution < 1.29 is 14.7 Å². The van der Waals surface area contributed by atoms with E-state index in [2.05, 4.69) is 15.6 Å². The highest BCUT2D eigenvalue weighted by atomic mass is 16.4. The molecule has 0 aliphatic carbocycles. The number of anilines is 2. The van der Waals surface area contributed by atoms with Gasteiger partial charge < -0.3 is 15.7 Å². The van der Waals surface area contributed by atoms with Gasteiger partial charge in [0.2, 0.25) is 0 Å². The molecule has 144 valence electrons. The van der Waals surface area contributed by atoms with Crippen molar-refractivity contribution in [1.82, 2.24) is 5.32 Å². The van der Waals surface area contributed by atoms with Crippen LogP contribution in [0.2, 0.25) is 0 Å². The van der Waals surface area contributed by atoms with E-state index < -0.39 is 5.97 Å². The van der Waals surface area contributed by atoms with Crippen molar-refractivity contribution in [2.45, 2.75) is 32.4 Å². The number of aryl methyl sites for hydroxylation is 1. The van der Waals surface area contributed by atoms with E-state index in [1.54, 1.807) is 4.90 Å². The smallest absolute Gasteiger partial charge is 0.322 e. The molecule has 2 aromatic carbocycles. The molecule has 0 aromatic heterocycles. The molecule has 0 spiro atoms. The number of carbonyl (C=O) groups excluding carboxylic acids is 1.